The van der Waals surface area contributed by atoms with Crippen LogP contribution in [0.1, 0.15) is 40.0 Å². The van der Waals surface area contributed by atoms with Gasteiger partial charge >= 0.3 is 18.0 Å². The van der Waals surface area contributed by atoms with Gasteiger partial charge in [0.2, 0.25) is 0 Å². The SMILES string of the molecule is CC(C)(C)OC(=O)N1C(=O)[C@@]2(CCC(=O)O2)C[C@H]1C(=O)O. The van der Waals surface area contributed by atoms with E-state index < -0.39 is 41.2 Å². The molecule has 2 fully saturated rings. The first-order valence-electron chi connectivity index (χ1n) is 6.57. The van der Waals surface area contributed by atoms with Crippen molar-refractivity contribution in [3.63, 3.8) is 0 Å². The highest BCUT2D eigenvalue weighted by Crippen LogP contribution is 2.40. The molecule has 2 saturated heterocycles. The molecule has 0 aromatic heterocycles. The zero-order valence-electron chi connectivity index (χ0n) is 12.0. The maximum absolute atomic E-state index is 12.4. The van der Waals surface area contributed by atoms with E-state index >= 15 is 0 Å². The van der Waals surface area contributed by atoms with Crippen molar-refractivity contribution in [3.8, 4) is 0 Å². The Morgan fingerprint density at radius 2 is 2.00 bits per heavy atom. The lowest BCUT2D eigenvalue weighted by Gasteiger charge is -2.26. The smallest absolute Gasteiger partial charge is 0.417 e. The quantitative estimate of drug-likeness (QED) is 0.709. The summed E-state index contributed by atoms with van der Waals surface area (Å²) in [6, 6.07) is -1.39. The van der Waals surface area contributed by atoms with Crippen molar-refractivity contribution in [2.75, 3.05) is 0 Å². The maximum Gasteiger partial charge on any atom is 0.417 e. The fraction of sp³-hybridized carbons (Fsp3) is 0.692. The molecule has 8 nitrogen and oxygen atoms in total. The van der Waals surface area contributed by atoms with Crippen LogP contribution in [0, 0.1) is 0 Å². The Morgan fingerprint density at radius 3 is 2.43 bits per heavy atom. The predicted octanol–water partition coefficient (Wildman–Crippen LogP) is 0.683. The van der Waals surface area contributed by atoms with Gasteiger partial charge in [0.25, 0.3) is 5.91 Å². The van der Waals surface area contributed by atoms with Crippen LogP contribution < -0.4 is 0 Å². The van der Waals surface area contributed by atoms with E-state index in [2.05, 4.69) is 0 Å². The zero-order valence-corrected chi connectivity index (χ0v) is 12.0. The first kappa shape index (κ1) is 15.3. The Morgan fingerprint density at radius 1 is 1.38 bits per heavy atom. The summed E-state index contributed by atoms with van der Waals surface area (Å²) in [7, 11) is 0. The van der Waals surface area contributed by atoms with Crippen LogP contribution in [-0.4, -0.2) is 51.2 Å². The van der Waals surface area contributed by atoms with Gasteiger partial charge in [-0.25, -0.2) is 14.5 Å². The number of imide groups is 1. The van der Waals surface area contributed by atoms with Crippen LogP contribution in [-0.2, 0) is 23.9 Å². The van der Waals surface area contributed by atoms with Crippen LogP contribution in [0.25, 0.3) is 0 Å². The topological polar surface area (TPSA) is 110 Å². The van der Waals surface area contributed by atoms with Gasteiger partial charge in [-0.1, -0.05) is 0 Å². The summed E-state index contributed by atoms with van der Waals surface area (Å²) in [5, 5.41) is 9.22. The lowest BCUT2D eigenvalue weighted by Crippen LogP contribution is -2.47. The molecule has 1 spiro atoms. The second kappa shape index (κ2) is 4.71. The van der Waals surface area contributed by atoms with Gasteiger partial charge in [0.05, 0.1) is 0 Å². The Kier molecular flexibility index (Phi) is 3.43. The number of aliphatic carboxylic acids is 1. The number of carbonyl (C=O) groups is 4. The van der Waals surface area contributed by atoms with Crippen molar-refractivity contribution in [3.05, 3.63) is 0 Å². The van der Waals surface area contributed by atoms with Gasteiger partial charge < -0.3 is 14.6 Å². The van der Waals surface area contributed by atoms with Crippen LogP contribution >= 0.6 is 0 Å². The number of rotatable bonds is 1. The molecule has 0 bridgehead atoms. The molecule has 1 N–H and O–H groups in total. The van der Waals surface area contributed by atoms with Gasteiger partial charge in [0.15, 0.2) is 5.60 Å². The second-order valence-corrected chi connectivity index (χ2v) is 6.18. The van der Waals surface area contributed by atoms with Gasteiger partial charge in [-0.2, -0.15) is 0 Å². The van der Waals surface area contributed by atoms with Crippen LogP contribution in [0.4, 0.5) is 4.79 Å². The van der Waals surface area contributed by atoms with Gasteiger partial charge in [0, 0.05) is 19.3 Å². The highest BCUT2D eigenvalue weighted by Gasteiger charge is 2.61. The van der Waals surface area contributed by atoms with E-state index in [1.807, 2.05) is 0 Å². The second-order valence-electron chi connectivity index (χ2n) is 6.18. The van der Waals surface area contributed by atoms with E-state index in [4.69, 9.17) is 9.47 Å². The molecular weight excluding hydrogens is 282 g/mol. The van der Waals surface area contributed by atoms with Crippen molar-refractivity contribution in [1.29, 1.82) is 0 Å². The summed E-state index contributed by atoms with van der Waals surface area (Å²) in [5.74, 6) is -2.73. The Balaban J connectivity index is 2.30. The minimum atomic E-state index is -1.54. The number of carbonyl (C=O) groups excluding carboxylic acids is 3. The molecule has 2 amide bonds. The van der Waals surface area contributed by atoms with E-state index in [0.29, 0.717) is 4.90 Å². The number of hydrogen-bond donors (Lipinski definition) is 1. The summed E-state index contributed by atoms with van der Waals surface area (Å²) >= 11 is 0. The van der Waals surface area contributed by atoms with E-state index in [-0.39, 0.29) is 19.3 Å². The normalized spacial score (nSPS) is 28.9. The standard InChI is InChI=1S/C13H17NO7/c1-12(2,3)21-11(19)14-7(9(16)17)6-13(10(14)18)5-4-8(15)20-13/h7H,4-6H2,1-3H3,(H,16,17)/t7-,13+/m0/s1. The first-order chi connectivity index (χ1) is 9.56. The number of ether oxygens (including phenoxy) is 2. The zero-order chi connectivity index (χ0) is 16.0. The van der Waals surface area contributed by atoms with Crippen LogP contribution in [0.2, 0.25) is 0 Å². The van der Waals surface area contributed by atoms with Crippen molar-refractivity contribution < 1.29 is 33.8 Å². The molecule has 2 atom stereocenters. The predicted molar refractivity (Wildman–Crippen MR) is 67.2 cm³/mol. The third-order valence-electron chi connectivity index (χ3n) is 3.36. The molecular formula is C13H17NO7. The largest absolute Gasteiger partial charge is 0.480 e. The molecule has 0 aromatic rings. The molecule has 2 rings (SSSR count). The number of nitrogens with zero attached hydrogens (tertiary/aromatic N) is 1. The molecule has 0 aliphatic carbocycles. The monoisotopic (exact) mass is 299 g/mol. The summed E-state index contributed by atoms with van der Waals surface area (Å²) in [4.78, 5) is 47.6. The number of carboxylic acid groups (broad SMARTS) is 1. The Labute approximate surface area is 121 Å². The van der Waals surface area contributed by atoms with Crippen molar-refractivity contribution in [2.45, 2.75) is 57.3 Å². The molecule has 8 heteroatoms. The molecule has 2 aliphatic heterocycles. The lowest BCUT2D eigenvalue weighted by molar-refractivity contribution is -0.158. The van der Waals surface area contributed by atoms with Crippen molar-refractivity contribution in [2.24, 2.45) is 0 Å². The van der Waals surface area contributed by atoms with Gasteiger partial charge in [-0.15, -0.1) is 0 Å². The third kappa shape index (κ3) is 2.70. The van der Waals surface area contributed by atoms with Gasteiger partial charge in [-0.05, 0) is 20.8 Å². The van der Waals surface area contributed by atoms with Crippen LogP contribution in [0.3, 0.4) is 0 Å². The summed E-state index contributed by atoms with van der Waals surface area (Å²) in [5.41, 5.74) is -2.42. The minimum Gasteiger partial charge on any atom is -0.480 e. The Hall–Kier alpha value is -2.12. The fourth-order valence-corrected chi connectivity index (χ4v) is 2.49. The molecule has 21 heavy (non-hydrogen) atoms. The lowest BCUT2D eigenvalue weighted by atomic mass is 9.96. The molecule has 0 radical (unpaired) electrons. The average Bonchev–Trinajstić information content (AvgIpc) is 2.80. The number of carboxylic acids is 1. The molecule has 2 aliphatic rings. The molecule has 116 valence electrons. The van der Waals surface area contributed by atoms with Crippen molar-refractivity contribution >= 4 is 23.9 Å². The molecule has 0 saturated carbocycles. The van der Waals surface area contributed by atoms with E-state index in [1.165, 1.54) is 0 Å². The number of amides is 2. The first-order valence-corrected chi connectivity index (χ1v) is 6.57. The number of likely N-dealkylation sites (tertiary alicyclic amines) is 1. The van der Waals surface area contributed by atoms with Gasteiger partial charge in [-0.3, -0.25) is 9.59 Å². The van der Waals surface area contributed by atoms with E-state index in [9.17, 15) is 24.3 Å². The van der Waals surface area contributed by atoms with E-state index in [0.717, 1.165) is 0 Å². The minimum absolute atomic E-state index is 0.0280. The molecule has 0 aromatic carbocycles. The average molecular weight is 299 g/mol. The van der Waals surface area contributed by atoms with Crippen LogP contribution in [0.15, 0.2) is 0 Å². The van der Waals surface area contributed by atoms with E-state index in [1.54, 1.807) is 20.8 Å². The summed E-state index contributed by atoms with van der Waals surface area (Å²) in [6.07, 6.45) is -1.18. The molecule has 0 unspecified atom stereocenters. The number of esters is 1. The maximum atomic E-state index is 12.4. The summed E-state index contributed by atoms with van der Waals surface area (Å²) in [6.45, 7) is 4.81. The third-order valence-corrected chi connectivity index (χ3v) is 3.36. The molecule has 2 heterocycles. The summed E-state index contributed by atoms with van der Waals surface area (Å²) < 4.78 is 10.1. The fourth-order valence-electron chi connectivity index (χ4n) is 2.49. The van der Waals surface area contributed by atoms with Crippen molar-refractivity contribution in [1.82, 2.24) is 4.90 Å². The number of hydrogen-bond acceptors (Lipinski definition) is 6. The Bertz CT molecular complexity index is 521. The van der Waals surface area contributed by atoms with Gasteiger partial charge in [0.1, 0.15) is 11.6 Å². The highest BCUT2D eigenvalue weighted by atomic mass is 16.6. The highest BCUT2D eigenvalue weighted by molar-refractivity contribution is 6.05. The van der Waals surface area contributed by atoms with Crippen LogP contribution in [0.5, 0.6) is 0 Å².